The van der Waals surface area contributed by atoms with Gasteiger partial charge in [-0.1, -0.05) is 47.2 Å². The summed E-state index contributed by atoms with van der Waals surface area (Å²) in [5.74, 6) is 0.521. The van der Waals surface area contributed by atoms with E-state index in [-0.39, 0.29) is 11.8 Å². The highest BCUT2D eigenvalue weighted by atomic mass is 35.5. The summed E-state index contributed by atoms with van der Waals surface area (Å²) in [6.45, 7) is 4.03. The number of carbonyl (C=O) groups excluding carboxylic acids is 1. The third-order valence-electron chi connectivity index (χ3n) is 5.10. The molecule has 1 aliphatic rings. The van der Waals surface area contributed by atoms with Gasteiger partial charge < -0.3 is 5.32 Å². The van der Waals surface area contributed by atoms with Crippen LogP contribution in [0.25, 0.3) is 15.3 Å². The lowest BCUT2D eigenvalue weighted by Crippen LogP contribution is -2.25. The summed E-state index contributed by atoms with van der Waals surface area (Å²) in [5.41, 5.74) is 4.94. The summed E-state index contributed by atoms with van der Waals surface area (Å²) >= 11 is 8.01. The molecule has 5 rings (SSSR count). The Morgan fingerprint density at radius 1 is 1.21 bits per heavy atom. The lowest BCUT2D eigenvalue weighted by Gasteiger charge is -2.24. The van der Waals surface area contributed by atoms with Crippen molar-refractivity contribution in [3.63, 3.8) is 0 Å². The van der Waals surface area contributed by atoms with Crippen LogP contribution in [0.2, 0.25) is 5.02 Å². The number of hydrogen-bond donors (Lipinski definition) is 1. The number of fused-ring (bicyclic) bond motifs is 2. The maximum absolute atomic E-state index is 12.5. The van der Waals surface area contributed by atoms with Crippen molar-refractivity contribution in [1.29, 1.82) is 0 Å². The highest BCUT2D eigenvalue weighted by Gasteiger charge is 2.34. The number of aryl methyl sites for hydroxylation is 2. The molecule has 0 saturated carbocycles. The van der Waals surface area contributed by atoms with E-state index in [9.17, 15) is 4.79 Å². The van der Waals surface area contributed by atoms with Crippen LogP contribution in [0.4, 0.5) is 5.82 Å². The Kier molecular flexibility index (Phi) is 4.00. The van der Waals surface area contributed by atoms with E-state index in [1.165, 1.54) is 5.56 Å². The first kappa shape index (κ1) is 17.4. The van der Waals surface area contributed by atoms with Crippen LogP contribution in [0.5, 0.6) is 0 Å². The van der Waals surface area contributed by atoms with Gasteiger partial charge in [-0.25, -0.2) is 4.98 Å². The summed E-state index contributed by atoms with van der Waals surface area (Å²) in [6, 6.07) is 13.9. The smallest absolute Gasteiger partial charge is 0.226 e. The predicted molar refractivity (Wildman–Crippen MR) is 113 cm³/mol. The fraction of sp³-hybridized carbons (Fsp3) is 0.190. The van der Waals surface area contributed by atoms with Crippen LogP contribution in [-0.4, -0.2) is 20.7 Å². The fourth-order valence-electron chi connectivity index (χ4n) is 3.82. The molecule has 1 amide bonds. The molecule has 0 aliphatic carbocycles. The Hall–Kier alpha value is -2.70. The number of hydrogen-bond acceptors (Lipinski definition) is 4. The van der Waals surface area contributed by atoms with E-state index in [1.807, 2.05) is 43.3 Å². The fourth-order valence-corrected chi connectivity index (χ4v) is 5.11. The van der Waals surface area contributed by atoms with E-state index in [0.717, 1.165) is 32.2 Å². The maximum atomic E-state index is 12.5. The molecule has 1 atom stereocenters. The average Bonchev–Trinajstić information content (AvgIpc) is 3.22. The molecule has 2 aromatic heterocycles. The standard InChI is InChI=1S/C21H17ClN4OS/c1-11-7-8-16-17(9-11)28-21(23-16)26-20-19(12(2)25-26)14(10-18(27)24-20)13-5-3-4-6-15(13)22/h3-9,14H,10H2,1-2H3,(H,24,27)/t14-/m1/s1. The highest BCUT2D eigenvalue weighted by molar-refractivity contribution is 7.20. The number of benzene rings is 2. The second-order valence-corrected chi connectivity index (χ2v) is 8.47. The van der Waals surface area contributed by atoms with Gasteiger partial charge in [-0.15, -0.1) is 0 Å². The largest absolute Gasteiger partial charge is 0.310 e. The quantitative estimate of drug-likeness (QED) is 0.494. The van der Waals surface area contributed by atoms with Gasteiger partial charge in [0.1, 0.15) is 5.82 Å². The SMILES string of the molecule is Cc1ccc2nc(-n3nc(C)c4c3NC(=O)C[C@@H]4c3ccccc3Cl)sc2c1. The number of carbonyl (C=O) groups is 1. The Morgan fingerprint density at radius 3 is 2.86 bits per heavy atom. The van der Waals surface area contributed by atoms with Crippen LogP contribution in [0.1, 0.15) is 34.7 Å². The monoisotopic (exact) mass is 408 g/mol. The summed E-state index contributed by atoms with van der Waals surface area (Å²) in [7, 11) is 0. The van der Waals surface area contributed by atoms with Gasteiger partial charge in [0.15, 0.2) is 0 Å². The summed E-state index contributed by atoms with van der Waals surface area (Å²) in [6.07, 6.45) is 0.350. The Balaban J connectivity index is 1.69. The minimum atomic E-state index is -0.122. The van der Waals surface area contributed by atoms with Crippen LogP contribution in [0.3, 0.4) is 0 Å². The molecule has 7 heteroatoms. The molecule has 0 radical (unpaired) electrons. The van der Waals surface area contributed by atoms with Crippen molar-refractivity contribution >= 4 is 44.9 Å². The molecule has 0 unspecified atom stereocenters. The number of nitrogens with one attached hydrogen (secondary N) is 1. The van der Waals surface area contributed by atoms with E-state index >= 15 is 0 Å². The lowest BCUT2D eigenvalue weighted by molar-refractivity contribution is -0.116. The number of aromatic nitrogens is 3. The van der Waals surface area contributed by atoms with Crippen LogP contribution < -0.4 is 5.32 Å². The van der Waals surface area contributed by atoms with Crippen molar-refractivity contribution in [3.05, 3.63) is 69.9 Å². The lowest BCUT2D eigenvalue weighted by atomic mass is 9.86. The molecule has 28 heavy (non-hydrogen) atoms. The second kappa shape index (κ2) is 6.43. The molecule has 1 N–H and O–H groups in total. The number of amides is 1. The molecule has 4 aromatic rings. The zero-order chi connectivity index (χ0) is 19.4. The van der Waals surface area contributed by atoms with Crippen molar-refractivity contribution < 1.29 is 4.79 Å². The van der Waals surface area contributed by atoms with Gasteiger partial charge in [-0.2, -0.15) is 9.78 Å². The molecule has 1 aliphatic heterocycles. The number of thiazole rings is 1. The minimum absolute atomic E-state index is 0.0458. The molecular formula is C21H17ClN4OS. The number of halogens is 1. The first-order chi connectivity index (χ1) is 13.5. The number of rotatable bonds is 2. The van der Waals surface area contributed by atoms with Gasteiger partial charge in [0.2, 0.25) is 11.0 Å². The zero-order valence-corrected chi connectivity index (χ0v) is 16.9. The molecule has 0 spiro atoms. The third-order valence-corrected chi connectivity index (χ3v) is 6.43. The van der Waals surface area contributed by atoms with Gasteiger partial charge in [0.05, 0.1) is 15.9 Å². The first-order valence-corrected chi connectivity index (χ1v) is 10.2. The van der Waals surface area contributed by atoms with Crippen LogP contribution in [0.15, 0.2) is 42.5 Å². The topological polar surface area (TPSA) is 59.8 Å². The molecule has 0 bridgehead atoms. The van der Waals surface area contributed by atoms with Crippen molar-refractivity contribution in [3.8, 4) is 5.13 Å². The predicted octanol–water partition coefficient (Wildman–Crippen LogP) is 5.23. The minimum Gasteiger partial charge on any atom is -0.310 e. The Bertz CT molecular complexity index is 1240. The van der Waals surface area contributed by atoms with Gasteiger partial charge in [0.25, 0.3) is 0 Å². The van der Waals surface area contributed by atoms with Gasteiger partial charge in [-0.05, 0) is 43.2 Å². The Labute approximate surface area is 171 Å². The molecule has 140 valence electrons. The number of anilines is 1. The van der Waals surface area contributed by atoms with E-state index < -0.39 is 0 Å². The van der Waals surface area contributed by atoms with E-state index in [1.54, 1.807) is 16.0 Å². The van der Waals surface area contributed by atoms with E-state index in [2.05, 4.69) is 18.3 Å². The molecule has 0 fully saturated rings. The van der Waals surface area contributed by atoms with Crippen molar-refractivity contribution in [2.45, 2.75) is 26.2 Å². The van der Waals surface area contributed by atoms with E-state index in [4.69, 9.17) is 21.7 Å². The molecular weight excluding hydrogens is 392 g/mol. The van der Waals surface area contributed by atoms with Crippen molar-refractivity contribution in [1.82, 2.24) is 14.8 Å². The zero-order valence-electron chi connectivity index (χ0n) is 15.4. The second-order valence-electron chi connectivity index (χ2n) is 7.05. The van der Waals surface area contributed by atoms with Gasteiger partial charge in [0, 0.05) is 22.9 Å². The van der Waals surface area contributed by atoms with Crippen molar-refractivity contribution in [2.75, 3.05) is 5.32 Å². The molecule has 3 heterocycles. The molecule has 0 saturated heterocycles. The molecule has 5 nitrogen and oxygen atoms in total. The van der Waals surface area contributed by atoms with Crippen LogP contribution >= 0.6 is 22.9 Å². The number of nitrogens with zero attached hydrogens (tertiary/aromatic N) is 3. The normalized spacial score (nSPS) is 16.2. The Morgan fingerprint density at radius 2 is 2.04 bits per heavy atom. The van der Waals surface area contributed by atoms with Gasteiger partial charge >= 0.3 is 0 Å². The van der Waals surface area contributed by atoms with Crippen LogP contribution in [-0.2, 0) is 4.79 Å². The summed E-state index contributed by atoms with van der Waals surface area (Å²) in [5, 5.41) is 9.14. The molecule has 2 aromatic carbocycles. The summed E-state index contributed by atoms with van der Waals surface area (Å²) in [4.78, 5) is 17.2. The average molecular weight is 409 g/mol. The summed E-state index contributed by atoms with van der Waals surface area (Å²) < 4.78 is 2.85. The van der Waals surface area contributed by atoms with Gasteiger partial charge in [-0.3, -0.25) is 4.79 Å². The van der Waals surface area contributed by atoms with Crippen LogP contribution in [0, 0.1) is 13.8 Å². The first-order valence-electron chi connectivity index (χ1n) is 9.02. The van der Waals surface area contributed by atoms with E-state index in [0.29, 0.717) is 17.3 Å². The third kappa shape index (κ3) is 2.72. The highest BCUT2D eigenvalue weighted by Crippen LogP contribution is 2.42. The van der Waals surface area contributed by atoms with Crippen molar-refractivity contribution in [2.24, 2.45) is 0 Å². The maximum Gasteiger partial charge on any atom is 0.226 e.